The van der Waals surface area contributed by atoms with E-state index < -0.39 is 97.5 Å². The molecule has 0 aromatic rings. The molecule has 88 heavy (non-hydrogen) atoms. The molecular weight excluding hydrogens is 1160 g/mol. The van der Waals surface area contributed by atoms with E-state index in [-0.39, 0.29) is 25.7 Å². The summed E-state index contributed by atoms with van der Waals surface area (Å²) in [5, 5.41) is 10.6. The molecular formula is C69H130O17P2. The largest absolute Gasteiger partial charge is 0.472 e. The second-order valence-electron chi connectivity index (χ2n) is 25.4. The van der Waals surface area contributed by atoms with Gasteiger partial charge < -0.3 is 33.8 Å². The number of phosphoric ester groups is 2. The molecule has 0 rings (SSSR count). The van der Waals surface area contributed by atoms with Crippen molar-refractivity contribution in [2.75, 3.05) is 39.6 Å². The molecule has 0 saturated carbocycles. The van der Waals surface area contributed by atoms with E-state index >= 15 is 0 Å². The van der Waals surface area contributed by atoms with Crippen LogP contribution in [0.25, 0.3) is 0 Å². The van der Waals surface area contributed by atoms with E-state index in [0.29, 0.717) is 31.6 Å². The van der Waals surface area contributed by atoms with Gasteiger partial charge in [0.15, 0.2) is 12.2 Å². The highest BCUT2D eigenvalue weighted by atomic mass is 31.2. The average Bonchev–Trinajstić information content (AvgIpc) is 3.70. The zero-order valence-corrected chi connectivity index (χ0v) is 58.5. The Morgan fingerprint density at radius 3 is 1.01 bits per heavy atom. The molecule has 0 aliphatic rings. The second kappa shape index (κ2) is 59.5. The molecule has 0 aromatic carbocycles. The smallest absolute Gasteiger partial charge is 0.462 e. The lowest BCUT2D eigenvalue weighted by Gasteiger charge is -2.21. The number of ether oxygens (including phenoxy) is 4. The third-order valence-electron chi connectivity index (χ3n) is 15.6. The molecule has 0 spiro atoms. The van der Waals surface area contributed by atoms with Gasteiger partial charge in [-0.25, -0.2) is 9.13 Å². The summed E-state index contributed by atoms with van der Waals surface area (Å²) in [5.41, 5.74) is 0. The van der Waals surface area contributed by atoms with Gasteiger partial charge in [-0.15, -0.1) is 0 Å². The van der Waals surface area contributed by atoms with Crippen LogP contribution in [0.5, 0.6) is 0 Å². The molecule has 0 radical (unpaired) electrons. The van der Waals surface area contributed by atoms with E-state index in [1.165, 1.54) is 103 Å². The highest BCUT2D eigenvalue weighted by molar-refractivity contribution is 7.47. The topological polar surface area (TPSA) is 237 Å². The zero-order chi connectivity index (χ0) is 65.2. The monoisotopic (exact) mass is 1290 g/mol. The maximum absolute atomic E-state index is 13.0. The third-order valence-corrected chi connectivity index (χ3v) is 17.5. The summed E-state index contributed by atoms with van der Waals surface area (Å²) in [6.45, 7) is 11.7. The van der Waals surface area contributed by atoms with E-state index in [1.54, 1.807) is 0 Å². The van der Waals surface area contributed by atoms with Gasteiger partial charge in [-0.2, -0.15) is 0 Å². The van der Waals surface area contributed by atoms with Gasteiger partial charge in [0, 0.05) is 25.7 Å². The number of hydrogen-bond acceptors (Lipinski definition) is 15. The number of aliphatic hydroxyl groups excluding tert-OH is 1. The van der Waals surface area contributed by atoms with Gasteiger partial charge >= 0.3 is 39.5 Å². The summed E-state index contributed by atoms with van der Waals surface area (Å²) < 4.78 is 68.2. The summed E-state index contributed by atoms with van der Waals surface area (Å²) in [6, 6.07) is 0. The predicted octanol–water partition coefficient (Wildman–Crippen LogP) is 19.0. The Balaban J connectivity index is 5.29. The van der Waals surface area contributed by atoms with Gasteiger partial charge in [0.25, 0.3) is 0 Å². The van der Waals surface area contributed by atoms with Crippen LogP contribution in [0.2, 0.25) is 0 Å². The number of carbonyl (C=O) groups excluding carboxylic acids is 4. The molecule has 19 heteroatoms. The Kier molecular flexibility index (Phi) is 57.9. The lowest BCUT2D eigenvalue weighted by atomic mass is 10.00. The summed E-state index contributed by atoms with van der Waals surface area (Å²) in [4.78, 5) is 72.4. The van der Waals surface area contributed by atoms with Crippen LogP contribution in [0.3, 0.4) is 0 Å². The molecule has 3 N–H and O–H groups in total. The van der Waals surface area contributed by atoms with Crippen molar-refractivity contribution in [3.8, 4) is 0 Å². The van der Waals surface area contributed by atoms with Crippen molar-refractivity contribution < 1.29 is 80.2 Å². The molecule has 17 nitrogen and oxygen atoms in total. The third kappa shape index (κ3) is 61.1. The van der Waals surface area contributed by atoms with E-state index in [4.69, 9.17) is 37.0 Å². The number of carbonyl (C=O) groups is 4. The minimum Gasteiger partial charge on any atom is -0.462 e. The number of phosphoric acid groups is 2. The van der Waals surface area contributed by atoms with Gasteiger partial charge in [0.2, 0.25) is 0 Å². The Bertz CT molecular complexity index is 1830. The van der Waals surface area contributed by atoms with Gasteiger partial charge in [-0.05, 0) is 69.1 Å². The summed E-state index contributed by atoms with van der Waals surface area (Å²) >= 11 is 0. The fourth-order valence-electron chi connectivity index (χ4n) is 9.79. The second-order valence-corrected chi connectivity index (χ2v) is 28.3. The molecule has 0 fully saturated rings. The first kappa shape index (κ1) is 85.5. The Hall–Kier alpha value is -2.46. The fourth-order valence-corrected chi connectivity index (χ4v) is 11.4. The Labute approximate surface area is 535 Å². The van der Waals surface area contributed by atoms with Crippen molar-refractivity contribution >= 4 is 39.5 Å². The Morgan fingerprint density at radius 2 is 0.670 bits per heavy atom. The van der Waals surface area contributed by atoms with Crippen LogP contribution in [0, 0.1) is 17.8 Å². The van der Waals surface area contributed by atoms with Crippen molar-refractivity contribution in [1.29, 1.82) is 0 Å². The summed E-state index contributed by atoms with van der Waals surface area (Å²) in [6.07, 6.45) is 45.4. The molecule has 0 bridgehead atoms. The maximum atomic E-state index is 13.0. The normalized spacial score (nSPS) is 14.7. The zero-order valence-electron chi connectivity index (χ0n) is 56.7. The van der Waals surface area contributed by atoms with Crippen LogP contribution in [-0.2, 0) is 65.4 Å². The molecule has 0 aromatic heterocycles. The maximum Gasteiger partial charge on any atom is 0.472 e. The fraction of sp³-hybridized carbons (Fsp3) is 0.884. The van der Waals surface area contributed by atoms with Crippen LogP contribution in [0.15, 0.2) is 24.3 Å². The number of aliphatic hydroxyl groups is 1. The van der Waals surface area contributed by atoms with Crippen molar-refractivity contribution in [3.05, 3.63) is 24.3 Å². The lowest BCUT2D eigenvalue weighted by molar-refractivity contribution is -0.161. The SMILES string of the molecule is CCCCCC/C=C\C=C/CCCCCCCC(=O)OC[C@H](COP(=O)(O)OC[C@@H](O)COP(=O)(O)OC[C@@H](COC(=O)CCCCCCCCC(C)CC)OC(=O)CCCCCCCCCCC(C)C)OC(=O)CCCCCCCCCCCC(C)C. The van der Waals surface area contributed by atoms with Gasteiger partial charge in [-0.1, -0.05) is 265 Å². The van der Waals surface area contributed by atoms with Crippen molar-refractivity contribution in [3.63, 3.8) is 0 Å². The number of allylic oxidation sites excluding steroid dienone is 4. The highest BCUT2D eigenvalue weighted by Gasteiger charge is 2.30. The standard InChI is InChI=1S/C69H130O17P2/c1-8-10-11-12-13-14-15-16-17-18-19-22-28-36-43-50-66(71)79-56-64(85-68(73)52-45-38-29-23-20-21-26-33-40-47-60(3)4)58-83-87(75,76)81-54-63(70)55-82-88(77,78)84-59-65(57-80-67(72)51-44-37-32-31-35-42-49-62(7)9-2)86-69(74)53-46-39-30-25-24-27-34-41-48-61(5)6/h14-17,60-65,70H,8-13,18-59H2,1-7H3,(H,75,76)(H,77,78)/b15-14-,17-16-/t62?,63-,64-,65-/m1/s1. The molecule has 0 heterocycles. The molecule has 0 aliphatic heterocycles. The van der Waals surface area contributed by atoms with Crippen LogP contribution < -0.4 is 0 Å². The number of esters is 4. The van der Waals surface area contributed by atoms with Crippen molar-refractivity contribution in [2.24, 2.45) is 17.8 Å². The van der Waals surface area contributed by atoms with Gasteiger partial charge in [0.1, 0.15) is 19.3 Å². The van der Waals surface area contributed by atoms with E-state index in [0.717, 1.165) is 127 Å². The van der Waals surface area contributed by atoms with Gasteiger partial charge in [0.05, 0.1) is 26.4 Å². The molecule has 0 saturated heterocycles. The first-order valence-corrected chi connectivity index (χ1v) is 38.2. The average molecular weight is 1290 g/mol. The van der Waals surface area contributed by atoms with E-state index in [9.17, 15) is 43.2 Å². The minimum absolute atomic E-state index is 0.0978. The lowest BCUT2D eigenvalue weighted by Crippen LogP contribution is -2.30. The number of rotatable bonds is 65. The van der Waals surface area contributed by atoms with Crippen molar-refractivity contribution in [2.45, 2.75) is 336 Å². The molecule has 3 unspecified atom stereocenters. The van der Waals surface area contributed by atoms with Crippen molar-refractivity contribution in [1.82, 2.24) is 0 Å². The molecule has 518 valence electrons. The van der Waals surface area contributed by atoms with Crippen LogP contribution in [0.1, 0.15) is 318 Å². The Morgan fingerprint density at radius 1 is 0.375 bits per heavy atom. The first-order chi connectivity index (χ1) is 42.3. The number of unbranched alkanes of at least 4 members (excludes halogenated alkanes) is 29. The highest BCUT2D eigenvalue weighted by Crippen LogP contribution is 2.45. The predicted molar refractivity (Wildman–Crippen MR) is 354 cm³/mol. The molecule has 0 aliphatic carbocycles. The van der Waals surface area contributed by atoms with E-state index in [1.807, 2.05) is 0 Å². The van der Waals surface area contributed by atoms with Crippen LogP contribution in [0.4, 0.5) is 0 Å². The molecule has 0 amide bonds. The first-order valence-electron chi connectivity index (χ1n) is 35.2. The number of hydrogen-bond donors (Lipinski definition) is 3. The van der Waals surface area contributed by atoms with E-state index in [2.05, 4.69) is 72.8 Å². The summed E-state index contributed by atoms with van der Waals surface area (Å²) in [7, 11) is -9.91. The molecule has 6 atom stereocenters. The quantitative estimate of drug-likeness (QED) is 0.0169. The summed E-state index contributed by atoms with van der Waals surface area (Å²) in [5.74, 6) is 0.0174. The van der Waals surface area contributed by atoms with Crippen LogP contribution >= 0.6 is 15.6 Å². The van der Waals surface area contributed by atoms with Gasteiger partial charge in [-0.3, -0.25) is 37.3 Å². The van der Waals surface area contributed by atoms with Crippen LogP contribution in [-0.4, -0.2) is 96.7 Å². The minimum atomic E-state index is -4.96.